The average molecular weight is 351 g/mol. The van der Waals surface area contributed by atoms with Crippen LogP contribution in [0.2, 0.25) is 0 Å². The Balaban J connectivity index is 0.00000242. The smallest absolute Gasteiger partial charge is 0.244 e. The molecule has 1 saturated carbocycles. The van der Waals surface area contributed by atoms with Crippen LogP contribution in [0, 0.1) is 18.7 Å². The maximum Gasteiger partial charge on any atom is 0.244 e. The molecular formula is C15H24ClFN2O2S. The Kier molecular flexibility index (Phi) is 6.38. The van der Waals surface area contributed by atoms with Gasteiger partial charge in [0, 0.05) is 12.1 Å². The quantitative estimate of drug-likeness (QED) is 0.877. The third kappa shape index (κ3) is 3.79. The van der Waals surface area contributed by atoms with Gasteiger partial charge in [0.2, 0.25) is 10.0 Å². The van der Waals surface area contributed by atoms with Crippen molar-refractivity contribution < 1.29 is 12.8 Å². The number of hydrogen-bond donors (Lipinski definition) is 2. The molecule has 0 aliphatic heterocycles. The van der Waals surface area contributed by atoms with E-state index in [1.165, 1.54) is 12.1 Å². The van der Waals surface area contributed by atoms with Crippen molar-refractivity contribution in [3.63, 3.8) is 0 Å². The SMILES string of the molecule is Cc1ccc(S(=O)(=O)NC2(CN)CCCCC2C)c(F)c1.Cl. The van der Waals surface area contributed by atoms with Crippen LogP contribution < -0.4 is 10.5 Å². The summed E-state index contributed by atoms with van der Waals surface area (Å²) in [7, 11) is -3.92. The number of nitrogens with two attached hydrogens (primary N) is 1. The highest BCUT2D eigenvalue weighted by Crippen LogP contribution is 2.34. The van der Waals surface area contributed by atoms with Crippen molar-refractivity contribution in [1.82, 2.24) is 4.72 Å². The molecule has 22 heavy (non-hydrogen) atoms. The summed E-state index contributed by atoms with van der Waals surface area (Å²) in [5.41, 5.74) is 5.87. The lowest BCUT2D eigenvalue weighted by Crippen LogP contribution is -2.59. The van der Waals surface area contributed by atoms with Gasteiger partial charge in [-0.15, -0.1) is 12.4 Å². The van der Waals surface area contributed by atoms with E-state index in [0.717, 1.165) is 19.3 Å². The molecule has 0 heterocycles. The minimum atomic E-state index is -3.92. The molecule has 1 fully saturated rings. The maximum absolute atomic E-state index is 14.0. The Morgan fingerprint density at radius 2 is 2.09 bits per heavy atom. The summed E-state index contributed by atoms with van der Waals surface area (Å²) in [5, 5.41) is 0. The van der Waals surface area contributed by atoms with Crippen molar-refractivity contribution in [2.45, 2.75) is 50.0 Å². The van der Waals surface area contributed by atoms with Crippen LogP contribution in [0.3, 0.4) is 0 Å². The van der Waals surface area contributed by atoms with E-state index in [2.05, 4.69) is 4.72 Å². The summed E-state index contributed by atoms with van der Waals surface area (Å²) in [5.74, 6) is -0.585. The Morgan fingerprint density at radius 3 is 2.64 bits per heavy atom. The lowest BCUT2D eigenvalue weighted by Gasteiger charge is -2.42. The van der Waals surface area contributed by atoms with Crippen molar-refractivity contribution in [2.75, 3.05) is 6.54 Å². The van der Waals surface area contributed by atoms with E-state index >= 15 is 0 Å². The summed E-state index contributed by atoms with van der Waals surface area (Å²) in [6, 6.07) is 4.13. The zero-order chi connectivity index (χ0) is 15.7. The second-order valence-electron chi connectivity index (χ2n) is 6.05. The van der Waals surface area contributed by atoms with Crippen molar-refractivity contribution in [1.29, 1.82) is 0 Å². The molecule has 2 unspecified atom stereocenters. The second-order valence-corrected chi connectivity index (χ2v) is 7.70. The van der Waals surface area contributed by atoms with Crippen molar-refractivity contribution in [2.24, 2.45) is 11.7 Å². The molecule has 126 valence electrons. The van der Waals surface area contributed by atoms with Crippen LogP contribution in [0.1, 0.15) is 38.2 Å². The molecule has 0 spiro atoms. The number of benzene rings is 1. The van der Waals surface area contributed by atoms with Crippen LogP contribution in [0.15, 0.2) is 23.1 Å². The fourth-order valence-electron chi connectivity index (χ4n) is 3.06. The van der Waals surface area contributed by atoms with Crippen LogP contribution >= 0.6 is 12.4 Å². The Bertz CT molecular complexity index is 624. The van der Waals surface area contributed by atoms with Crippen LogP contribution in [0.4, 0.5) is 4.39 Å². The molecule has 4 nitrogen and oxygen atoms in total. The van der Waals surface area contributed by atoms with E-state index in [4.69, 9.17) is 5.73 Å². The highest BCUT2D eigenvalue weighted by Gasteiger charge is 2.41. The van der Waals surface area contributed by atoms with Gasteiger partial charge in [-0.2, -0.15) is 0 Å². The van der Waals surface area contributed by atoms with Crippen LogP contribution in [-0.4, -0.2) is 20.5 Å². The minimum absolute atomic E-state index is 0. The molecule has 1 aromatic rings. The summed E-state index contributed by atoms with van der Waals surface area (Å²) < 4.78 is 41.7. The van der Waals surface area contributed by atoms with Gasteiger partial charge in [0.15, 0.2) is 0 Å². The first-order valence-electron chi connectivity index (χ1n) is 7.31. The molecule has 1 aromatic carbocycles. The molecule has 7 heteroatoms. The third-order valence-corrected chi connectivity index (χ3v) is 6.12. The number of hydrogen-bond acceptors (Lipinski definition) is 3. The first-order valence-corrected chi connectivity index (χ1v) is 8.79. The zero-order valence-corrected chi connectivity index (χ0v) is 14.6. The van der Waals surface area contributed by atoms with E-state index < -0.39 is 21.4 Å². The standard InChI is InChI=1S/C15H23FN2O2S.ClH/c1-11-6-7-14(13(16)9-11)21(19,20)18-15(10-17)8-4-3-5-12(15)2;/h6-7,9,12,18H,3-5,8,10,17H2,1-2H3;1H. The molecule has 0 amide bonds. The molecular weight excluding hydrogens is 327 g/mol. The molecule has 1 aliphatic carbocycles. The molecule has 0 bridgehead atoms. The lowest BCUT2D eigenvalue weighted by molar-refractivity contribution is 0.191. The summed E-state index contributed by atoms with van der Waals surface area (Å²) >= 11 is 0. The van der Waals surface area contributed by atoms with E-state index in [-0.39, 0.29) is 29.8 Å². The lowest BCUT2D eigenvalue weighted by atomic mass is 9.74. The average Bonchev–Trinajstić information content (AvgIpc) is 2.40. The van der Waals surface area contributed by atoms with Crippen molar-refractivity contribution in [3.8, 4) is 0 Å². The van der Waals surface area contributed by atoms with Gasteiger partial charge in [-0.25, -0.2) is 17.5 Å². The molecule has 3 N–H and O–H groups in total. The zero-order valence-electron chi connectivity index (χ0n) is 12.9. The number of sulfonamides is 1. The number of rotatable bonds is 4. The molecule has 1 aliphatic rings. The Morgan fingerprint density at radius 1 is 1.41 bits per heavy atom. The van der Waals surface area contributed by atoms with Gasteiger partial charge < -0.3 is 5.73 Å². The predicted octanol–water partition coefficient (Wildman–Crippen LogP) is 2.74. The van der Waals surface area contributed by atoms with Crippen molar-refractivity contribution in [3.05, 3.63) is 29.6 Å². The summed E-state index contributed by atoms with van der Waals surface area (Å²) in [6.45, 7) is 3.94. The molecule has 0 aromatic heterocycles. The van der Waals surface area contributed by atoms with Gasteiger partial charge in [0.25, 0.3) is 0 Å². The van der Waals surface area contributed by atoms with Gasteiger partial charge >= 0.3 is 0 Å². The third-order valence-electron chi connectivity index (χ3n) is 4.53. The largest absolute Gasteiger partial charge is 0.329 e. The van der Waals surface area contributed by atoms with Gasteiger partial charge in [0.1, 0.15) is 10.7 Å². The monoisotopic (exact) mass is 350 g/mol. The van der Waals surface area contributed by atoms with Gasteiger partial charge in [-0.1, -0.05) is 25.8 Å². The molecule has 0 saturated heterocycles. The van der Waals surface area contributed by atoms with E-state index in [9.17, 15) is 12.8 Å². The number of halogens is 2. The first kappa shape index (κ1) is 19.4. The van der Waals surface area contributed by atoms with E-state index in [0.29, 0.717) is 12.0 Å². The van der Waals surface area contributed by atoms with Crippen LogP contribution in [-0.2, 0) is 10.0 Å². The fraction of sp³-hybridized carbons (Fsp3) is 0.600. The van der Waals surface area contributed by atoms with Gasteiger partial charge in [-0.3, -0.25) is 0 Å². The highest BCUT2D eigenvalue weighted by molar-refractivity contribution is 7.89. The second kappa shape index (κ2) is 7.25. The normalized spacial score (nSPS) is 25.5. The molecule has 2 atom stereocenters. The van der Waals surface area contributed by atoms with Crippen molar-refractivity contribution >= 4 is 22.4 Å². The number of nitrogens with one attached hydrogen (secondary N) is 1. The Labute approximate surface area is 138 Å². The van der Waals surface area contributed by atoms with Gasteiger partial charge in [-0.05, 0) is 43.4 Å². The predicted molar refractivity (Wildman–Crippen MR) is 88.1 cm³/mol. The molecule has 2 rings (SSSR count). The van der Waals surface area contributed by atoms with Gasteiger partial charge in [0.05, 0.1) is 0 Å². The maximum atomic E-state index is 14.0. The van der Waals surface area contributed by atoms with E-state index in [1.54, 1.807) is 13.0 Å². The number of aryl methyl sites for hydroxylation is 1. The van der Waals surface area contributed by atoms with Crippen LogP contribution in [0.5, 0.6) is 0 Å². The summed E-state index contributed by atoms with van der Waals surface area (Å²) in [6.07, 6.45) is 3.62. The molecule has 0 radical (unpaired) electrons. The highest BCUT2D eigenvalue weighted by atomic mass is 35.5. The Hall–Kier alpha value is -0.690. The van der Waals surface area contributed by atoms with E-state index in [1.807, 2.05) is 6.92 Å². The first-order chi connectivity index (χ1) is 9.81. The topological polar surface area (TPSA) is 72.2 Å². The minimum Gasteiger partial charge on any atom is -0.329 e. The van der Waals surface area contributed by atoms with Crippen LogP contribution in [0.25, 0.3) is 0 Å². The fourth-order valence-corrected chi connectivity index (χ4v) is 4.65. The summed E-state index contributed by atoms with van der Waals surface area (Å²) in [4.78, 5) is -0.307.